The van der Waals surface area contributed by atoms with Crippen LogP contribution in [0, 0.1) is 12.7 Å². The summed E-state index contributed by atoms with van der Waals surface area (Å²) in [5, 5.41) is 12.3. The van der Waals surface area contributed by atoms with Crippen molar-refractivity contribution in [1.29, 1.82) is 0 Å². The normalized spacial score (nSPS) is 14.4. The predicted molar refractivity (Wildman–Crippen MR) is 72.2 cm³/mol. The van der Waals surface area contributed by atoms with Gasteiger partial charge < -0.3 is 10.8 Å². The van der Waals surface area contributed by atoms with Crippen molar-refractivity contribution in [3.8, 4) is 0 Å². The van der Waals surface area contributed by atoms with Crippen molar-refractivity contribution < 1.29 is 9.50 Å². The van der Waals surface area contributed by atoms with E-state index in [0.29, 0.717) is 17.7 Å². The highest BCUT2D eigenvalue weighted by Gasteiger charge is 2.22. The Labute approximate surface area is 110 Å². The van der Waals surface area contributed by atoms with Gasteiger partial charge in [0.05, 0.1) is 6.10 Å². The van der Waals surface area contributed by atoms with Crippen LogP contribution in [0.1, 0.15) is 28.0 Å². The predicted octanol–water partition coefficient (Wildman–Crippen LogP) is 2.97. The number of hydrogen-bond acceptors (Lipinski definition) is 3. The lowest BCUT2D eigenvalue weighted by molar-refractivity contribution is 0.148. The molecule has 2 nitrogen and oxygen atoms in total. The molecule has 3 N–H and O–H groups in total. The number of aryl methyl sites for hydroxylation is 1. The van der Waals surface area contributed by atoms with E-state index in [-0.39, 0.29) is 11.7 Å². The highest BCUT2D eigenvalue weighted by atomic mass is 32.1. The van der Waals surface area contributed by atoms with E-state index in [4.69, 9.17) is 5.73 Å². The summed E-state index contributed by atoms with van der Waals surface area (Å²) in [7, 11) is 0. The summed E-state index contributed by atoms with van der Waals surface area (Å²) in [5.74, 6) is -0.402. The Hall–Kier alpha value is -1.23. The second-order valence-electron chi connectivity index (χ2n) is 4.31. The average molecular weight is 265 g/mol. The molecule has 2 rings (SSSR count). The summed E-state index contributed by atoms with van der Waals surface area (Å²) in [6.07, 6.45) is -0.701. The van der Waals surface area contributed by atoms with Crippen LogP contribution >= 0.6 is 11.3 Å². The Morgan fingerprint density at radius 2 is 2.17 bits per heavy atom. The third-order valence-electron chi connectivity index (χ3n) is 3.07. The minimum atomic E-state index is -0.701. The van der Waals surface area contributed by atoms with E-state index in [1.807, 2.05) is 17.5 Å². The van der Waals surface area contributed by atoms with E-state index in [2.05, 4.69) is 0 Å². The zero-order valence-electron chi connectivity index (χ0n) is 10.1. The van der Waals surface area contributed by atoms with E-state index in [0.717, 1.165) is 4.88 Å². The lowest BCUT2D eigenvalue weighted by Gasteiger charge is -2.21. The van der Waals surface area contributed by atoms with Crippen LogP contribution in [0.15, 0.2) is 35.7 Å². The molecule has 0 saturated carbocycles. The quantitative estimate of drug-likeness (QED) is 0.892. The van der Waals surface area contributed by atoms with Crippen molar-refractivity contribution in [3.05, 3.63) is 57.5 Å². The summed E-state index contributed by atoms with van der Waals surface area (Å²) < 4.78 is 13.2. The second-order valence-corrected chi connectivity index (χ2v) is 5.29. The van der Waals surface area contributed by atoms with Crippen LogP contribution in [0.3, 0.4) is 0 Å². The summed E-state index contributed by atoms with van der Waals surface area (Å²) in [6.45, 7) is 2.05. The summed E-state index contributed by atoms with van der Waals surface area (Å²) >= 11 is 1.57. The number of halogens is 1. The van der Waals surface area contributed by atoms with E-state index < -0.39 is 6.10 Å². The van der Waals surface area contributed by atoms with Crippen LogP contribution in [0.4, 0.5) is 4.39 Å². The second kappa shape index (κ2) is 5.61. The zero-order valence-corrected chi connectivity index (χ0v) is 11.0. The van der Waals surface area contributed by atoms with Crippen molar-refractivity contribution >= 4 is 11.3 Å². The highest BCUT2D eigenvalue weighted by molar-refractivity contribution is 7.10. The molecule has 96 valence electrons. The Morgan fingerprint density at radius 3 is 2.72 bits per heavy atom. The Bertz CT molecular complexity index is 513. The lowest BCUT2D eigenvalue weighted by Crippen LogP contribution is -2.19. The summed E-state index contributed by atoms with van der Waals surface area (Å²) in [5.41, 5.74) is 6.98. The molecule has 0 spiro atoms. The molecule has 0 aliphatic heterocycles. The molecule has 0 amide bonds. The SMILES string of the molecule is Cc1cc(C(O)C(CN)c2cccs2)ccc1F. The molecule has 1 heterocycles. The van der Waals surface area contributed by atoms with Gasteiger partial charge in [-0.15, -0.1) is 11.3 Å². The van der Waals surface area contributed by atoms with E-state index in [9.17, 15) is 9.50 Å². The molecule has 2 unspecified atom stereocenters. The lowest BCUT2D eigenvalue weighted by atomic mass is 9.93. The first-order valence-corrected chi connectivity index (χ1v) is 6.69. The molecule has 0 fully saturated rings. The first-order valence-electron chi connectivity index (χ1n) is 5.81. The molecule has 18 heavy (non-hydrogen) atoms. The third-order valence-corrected chi connectivity index (χ3v) is 4.07. The van der Waals surface area contributed by atoms with Gasteiger partial charge in [-0.05, 0) is 35.6 Å². The number of thiophene rings is 1. The van der Waals surface area contributed by atoms with Gasteiger partial charge in [-0.1, -0.05) is 18.2 Å². The van der Waals surface area contributed by atoms with Gasteiger partial charge in [0.15, 0.2) is 0 Å². The van der Waals surface area contributed by atoms with Gasteiger partial charge in [0.2, 0.25) is 0 Å². The van der Waals surface area contributed by atoms with Crippen LogP contribution in [-0.2, 0) is 0 Å². The standard InChI is InChI=1S/C14H16FNOS/c1-9-7-10(4-5-12(9)15)14(17)11(8-16)13-3-2-6-18-13/h2-7,11,14,17H,8,16H2,1H3. The number of hydrogen-bond donors (Lipinski definition) is 2. The van der Waals surface area contributed by atoms with Crippen LogP contribution in [-0.4, -0.2) is 11.7 Å². The Balaban J connectivity index is 2.28. The maximum atomic E-state index is 13.2. The fourth-order valence-electron chi connectivity index (χ4n) is 1.99. The van der Waals surface area contributed by atoms with Gasteiger partial charge in [0.25, 0.3) is 0 Å². The van der Waals surface area contributed by atoms with Crippen molar-refractivity contribution in [1.82, 2.24) is 0 Å². The van der Waals surface area contributed by atoms with Crippen molar-refractivity contribution in [2.45, 2.75) is 18.9 Å². The van der Waals surface area contributed by atoms with Crippen LogP contribution in [0.2, 0.25) is 0 Å². The van der Waals surface area contributed by atoms with E-state index in [1.165, 1.54) is 6.07 Å². The number of rotatable bonds is 4. The highest BCUT2D eigenvalue weighted by Crippen LogP contribution is 2.33. The average Bonchev–Trinajstić information content (AvgIpc) is 2.87. The molecular formula is C14H16FNOS. The third kappa shape index (κ3) is 2.61. The van der Waals surface area contributed by atoms with Crippen LogP contribution in [0.5, 0.6) is 0 Å². The number of benzene rings is 1. The molecular weight excluding hydrogens is 249 g/mol. The number of aliphatic hydroxyl groups is 1. The maximum absolute atomic E-state index is 13.2. The molecule has 2 aromatic rings. The zero-order chi connectivity index (χ0) is 13.1. The fraction of sp³-hybridized carbons (Fsp3) is 0.286. The van der Waals surface area contributed by atoms with E-state index in [1.54, 1.807) is 30.4 Å². The van der Waals surface area contributed by atoms with Gasteiger partial charge in [0, 0.05) is 17.3 Å². The number of nitrogens with two attached hydrogens (primary N) is 1. The molecule has 1 aromatic heterocycles. The van der Waals surface area contributed by atoms with E-state index >= 15 is 0 Å². The van der Waals surface area contributed by atoms with Gasteiger partial charge in [0.1, 0.15) is 5.82 Å². The smallest absolute Gasteiger partial charge is 0.126 e. The van der Waals surface area contributed by atoms with Gasteiger partial charge >= 0.3 is 0 Å². The van der Waals surface area contributed by atoms with Gasteiger partial charge in [-0.2, -0.15) is 0 Å². The Morgan fingerprint density at radius 1 is 1.39 bits per heavy atom. The molecule has 0 aliphatic rings. The van der Waals surface area contributed by atoms with Gasteiger partial charge in [-0.25, -0.2) is 4.39 Å². The first kappa shape index (κ1) is 13.2. The molecule has 4 heteroatoms. The molecule has 0 aliphatic carbocycles. The molecule has 0 bridgehead atoms. The topological polar surface area (TPSA) is 46.2 Å². The maximum Gasteiger partial charge on any atom is 0.126 e. The molecule has 2 atom stereocenters. The van der Waals surface area contributed by atoms with Gasteiger partial charge in [-0.3, -0.25) is 0 Å². The summed E-state index contributed by atoms with van der Waals surface area (Å²) in [4.78, 5) is 1.05. The number of aliphatic hydroxyl groups excluding tert-OH is 1. The molecule has 0 saturated heterocycles. The monoisotopic (exact) mass is 265 g/mol. The molecule has 0 radical (unpaired) electrons. The van der Waals surface area contributed by atoms with Crippen molar-refractivity contribution in [2.24, 2.45) is 5.73 Å². The largest absolute Gasteiger partial charge is 0.388 e. The van der Waals surface area contributed by atoms with Crippen LogP contribution < -0.4 is 5.73 Å². The minimum Gasteiger partial charge on any atom is -0.388 e. The summed E-state index contributed by atoms with van der Waals surface area (Å²) in [6, 6.07) is 8.57. The minimum absolute atomic E-state index is 0.144. The first-order chi connectivity index (χ1) is 8.63. The Kier molecular flexibility index (Phi) is 4.11. The van der Waals surface area contributed by atoms with Crippen LogP contribution in [0.25, 0.3) is 0 Å². The van der Waals surface area contributed by atoms with Crippen molar-refractivity contribution in [3.63, 3.8) is 0 Å². The van der Waals surface area contributed by atoms with Crippen molar-refractivity contribution in [2.75, 3.05) is 6.54 Å². The molecule has 1 aromatic carbocycles. The fourth-order valence-corrected chi connectivity index (χ4v) is 2.86.